The predicted octanol–water partition coefficient (Wildman–Crippen LogP) is 1.60. The summed E-state index contributed by atoms with van der Waals surface area (Å²) in [6.07, 6.45) is 6.38. The molecule has 18 heavy (non-hydrogen) atoms. The molecule has 2 rings (SSSR count). The van der Waals surface area contributed by atoms with Crippen LogP contribution in [0.15, 0.2) is 12.4 Å². The van der Waals surface area contributed by atoms with Crippen LogP contribution in [0.5, 0.6) is 0 Å². The van der Waals surface area contributed by atoms with E-state index in [2.05, 4.69) is 9.97 Å². The Morgan fingerprint density at radius 2 is 2.00 bits per heavy atom. The summed E-state index contributed by atoms with van der Waals surface area (Å²) in [6.45, 7) is 0.342. The van der Waals surface area contributed by atoms with E-state index in [1.165, 1.54) is 6.20 Å². The number of hydrogen-bond acceptors (Lipinski definition) is 4. The number of aromatic nitrogens is 2. The second-order valence-electron chi connectivity index (χ2n) is 4.34. The van der Waals surface area contributed by atoms with Crippen molar-refractivity contribution >= 4 is 23.8 Å². The van der Waals surface area contributed by atoms with E-state index >= 15 is 0 Å². The minimum atomic E-state index is 0.0956. The first kappa shape index (κ1) is 13.0. The lowest BCUT2D eigenvalue weighted by atomic mass is 9.93. The molecule has 0 aliphatic heterocycles. The third-order valence-corrected chi connectivity index (χ3v) is 3.49. The van der Waals surface area contributed by atoms with E-state index in [1.54, 1.807) is 11.1 Å². The van der Waals surface area contributed by atoms with Gasteiger partial charge in [-0.15, -0.1) is 0 Å². The van der Waals surface area contributed by atoms with Gasteiger partial charge in [0.05, 0.1) is 12.2 Å². The van der Waals surface area contributed by atoms with E-state index in [-0.39, 0.29) is 11.8 Å². The van der Waals surface area contributed by atoms with Crippen molar-refractivity contribution in [2.24, 2.45) is 0 Å². The molecule has 0 spiro atoms. The van der Waals surface area contributed by atoms with E-state index in [1.807, 2.05) is 0 Å². The summed E-state index contributed by atoms with van der Waals surface area (Å²) >= 11 is 5.92. The van der Waals surface area contributed by atoms with Gasteiger partial charge in [0.2, 0.25) is 6.41 Å². The van der Waals surface area contributed by atoms with Crippen molar-refractivity contribution in [1.82, 2.24) is 14.9 Å². The van der Waals surface area contributed by atoms with Crippen LogP contribution in [0.25, 0.3) is 0 Å². The molecule has 6 heteroatoms. The van der Waals surface area contributed by atoms with Crippen molar-refractivity contribution in [2.45, 2.75) is 38.3 Å². The van der Waals surface area contributed by atoms with Crippen LogP contribution in [0.1, 0.15) is 31.4 Å². The molecule has 96 valence electrons. The summed E-state index contributed by atoms with van der Waals surface area (Å²) in [5.41, 5.74) is 0.586. The lowest BCUT2D eigenvalue weighted by molar-refractivity contribution is -0.126. The molecule has 0 aromatic carbocycles. The first-order valence-corrected chi connectivity index (χ1v) is 6.26. The van der Waals surface area contributed by atoms with E-state index in [0.29, 0.717) is 30.2 Å². The van der Waals surface area contributed by atoms with Crippen LogP contribution in [0.4, 0.5) is 0 Å². The van der Waals surface area contributed by atoms with E-state index < -0.39 is 0 Å². The molecule has 0 atom stereocenters. The molecule has 0 bridgehead atoms. The van der Waals surface area contributed by atoms with Crippen LogP contribution < -0.4 is 0 Å². The molecule has 1 aromatic heterocycles. The van der Waals surface area contributed by atoms with Crippen LogP contribution >= 0.6 is 11.6 Å². The highest BCUT2D eigenvalue weighted by Gasteiger charge is 2.24. The Labute approximate surface area is 110 Å². The van der Waals surface area contributed by atoms with Crippen LogP contribution in [-0.4, -0.2) is 33.1 Å². The van der Waals surface area contributed by atoms with Gasteiger partial charge in [-0.3, -0.25) is 14.6 Å². The van der Waals surface area contributed by atoms with Gasteiger partial charge in [0.25, 0.3) is 0 Å². The quantitative estimate of drug-likeness (QED) is 0.778. The minimum absolute atomic E-state index is 0.0956. The maximum absolute atomic E-state index is 11.2. The van der Waals surface area contributed by atoms with Crippen LogP contribution in [0.3, 0.4) is 0 Å². The van der Waals surface area contributed by atoms with Gasteiger partial charge in [-0.2, -0.15) is 0 Å². The lowest BCUT2D eigenvalue weighted by Gasteiger charge is -2.30. The molecule has 5 nitrogen and oxygen atoms in total. The van der Waals surface area contributed by atoms with Gasteiger partial charge in [0.1, 0.15) is 5.78 Å². The monoisotopic (exact) mass is 267 g/mol. The zero-order valence-corrected chi connectivity index (χ0v) is 10.6. The number of Topliss-reactive ketones (excluding diaryl/α,β-unsaturated/α-hetero) is 1. The molecule has 1 heterocycles. The number of ketones is 1. The van der Waals surface area contributed by atoms with Gasteiger partial charge < -0.3 is 4.90 Å². The Morgan fingerprint density at radius 1 is 1.33 bits per heavy atom. The van der Waals surface area contributed by atoms with Gasteiger partial charge in [-0.1, -0.05) is 11.6 Å². The van der Waals surface area contributed by atoms with Crippen LogP contribution in [-0.2, 0) is 16.1 Å². The van der Waals surface area contributed by atoms with Crippen molar-refractivity contribution in [3.63, 3.8) is 0 Å². The van der Waals surface area contributed by atoms with Crippen LogP contribution in [0.2, 0.25) is 5.15 Å². The smallest absolute Gasteiger partial charge is 0.210 e. The van der Waals surface area contributed by atoms with Gasteiger partial charge in [-0.05, 0) is 12.8 Å². The highest BCUT2D eigenvalue weighted by atomic mass is 35.5. The summed E-state index contributed by atoms with van der Waals surface area (Å²) in [5.74, 6) is 0.273. The standard InChI is InChI=1S/C12H14ClN3O2/c13-12-11(14-5-6-15-12)7-16(8-17)9-1-3-10(18)4-2-9/h5-6,8-9H,1-4,7H2. The zero-order chi connectivity index (χ0) is 13.0. The number of halogens is 1. The van der Waals surface area contributed by atoms with Crippen molar-refractivity contribution in [3.05, 3.63) is 23.2 Å². The Bertz CT molecular complexity index is 443. The summed E-state index contributed by atoms with van der Waals surface area (Å²) in [4.78, 5) is 32.0. The van der Waals surface area contributed by atoms with Gasteiger partial charge in [0.15, 0.2) is 5.15 Å². The number of nitrogens with zero attached hydrogens (tertiary/aromatic N) is 3. The maximum atomic E-state index is 11.2. The topological polar surface area (TPSA) is 63.2 Å². The average Bonchev–Trinajstić information content (AvgIpc) is 2.39. The molecule has 1 amide bonds. The largest absolute Gasteiger partial charge is 0.336 e. The summed E-state index contributed by atoms with van der Waals surface area (Å²) < 4.78 is 0. The normalized spacial score (nSPS) is 16.6. The molecule has 1 aliphatic carbocycles. The Kier molecular flexibility index (Phi) is 4.25. The second-order valence-corrected chi connectivity index (χ2v) is 4.70. The molecular formula is C12H14ClN3O2. The zero-order valence-electron chi connectivity index (χ0n) is 9.88. The van der Waals surface area contributed by atoms with Gasteiger partial charge in [0, 0.05) is 31.3 Å². The van der Waals surface area contributed by atoms with Crippen molar-refractivity contribution in [3.8, 4) is 0 Å². The first-order chi connectivity index (χ1) is 8.70. The summed E-state index contributed by atoms with van der Waals surface area (Å²) in [5, 5.41) is 0.316. The number of carbonyl (C=O) groups excluding carboxylic acids is 2. The first-order valence-electron chi connectivity index (χ1n) is 5.89. The third-order valence-electron chi connectivity index (χ3n) is 3.17. The Hall–Kier alpha value is -1.49. The molecule has 0 radical (unpaired) electrons. The third kappa shape index (κ3) is 3.04. The van der Waals surface area contributed by atoms with E-state index in [4.69, 9.17) is 11.6 Å². The SMILES string of the molecule is O=CN(Cc1nccnc1Cl)C1CCC(=O)CC1. The molecule has 1 aliphatic rings. The van der Waals surface area contributed by atoms with E-state index in [0.717, 1.165) is 19.3 Å². The van der Waals surface area contributed by atoms with E-state index in [9.17, 15) is 9.59 Å². The Balaban J connectivity index is 2.03. The number of amides is 1. The number of carbonyl (C=O) groups is 2. The van der Waals surface area contributed by atoms with Gasteiger partial charge >= 0.3 is 0 Å². The fourth-order valence-corrected chi connectivity index (χ4v) is 2.30. The summed E-state index contributed by atoms with van der Waals surface area (Å²) in [7, 11) is 0. The Morgan fingerprint density at radius 3 is 2.61 bits per heavy atom. The highest BCUT2D eigenvalue weighted by molar-refractivity contribution is 6.29. The predicted molar refractivity (Wildman–Crippen MR) is 65.9 cm³/mol. The van der Waals surface area contributed by atoms with Crippen molar-refractivity contribution in [2.75, 3.05) is 0 Å². The van der Waals surface area contributed by atoms with Crippen molar-refractivity contribution in [1.29, 1.82) is 0 Å². The molecule has 0 N–H and O–H groups in total. The number of hydrogen-bond donors (Lipinski definition) is 0. The number of rotatable bonds is 4. The molecule has 0 saturated heterocycles. The molecule has 1 fully saturated rings. The minimum Gasteiger partial charge on any atom is -0.336 e. The fraction of sp³-hybridized carbons (Fsp3) is 0.500. The highest BCUT2D eigenvalue weighted by Crippen LogP contribution is 2.22. The average molecular weight is 268 g/mol. The molecule has 0 unspecified atom stereocenters. The van der Waals surface area contributed by atoms with Crippen LogP contribution in [0, 0.1) is 0 Å². The fourth-order valence-electron chi connectivity index (χ4n) is 2.14. The lowest BCUT2D eigenvalue weighted by Crippen LogP contribution is -2.37. The molecular weight excluding hydrogens is 254 g/mol. The van der Waals surface area contributed by atoms with Gasteiger partial charge in [-0.25, -0.2) is 4.98 Å². The maximum Gasteiger partial charge on any atom is 0.210 e. The second kappa shape index (κ2) is 5.91. The molecule has 1 saturated carbocycles. The van der Waals surface area contributed by atoms with Crippen molar-refractivity contribution < 1.29 is 9.59 Å². The summed E-state index contributed by atoms with van der Waals surface area (Å²) in [6, 6.07) is 0.0956. The molecule has 1 aromatic rings.